The Bertz CT molecular complexity index is 813. The first-order chi connectivity index (χ1) is 13.0. The molecule has 0 aliphatic carbocycles. The molecule has 0 saturated carbocycles. The number of ketones is 1. The Kier molecular flexibility index (Phi) is 6.32. The molecule has 1 aliphatic heterocycles. The lowest BCUT2D eigenvalue weighted by atomic mass is 10.1. The predicted octanol–water partition coefficient (Wildman–Crippen LogP) is 2.35. The second kappa shape index (κ2) is 8.88. The first kappa shape index (κ1) is 19.2. The molecule has 1 fully saturated rings. The minimum atomic E-state index is -0.0512. The van der Waals surface area contributed by atoms with Crippen molar-refractivity contribution in [1.82, 2.24) is 14.8 Å². The fourth-order valence-electron chi connectivity index (χ4n) is 3.22. The van der Waals surface area contributed by atoms with Gasteiger partial charge in [-0.15, -0.1) is 0 Å². The molecule has 1 aromatic carbocycles. The highest BCUT2D eigenvalue weighted by Gasteiger charge is 2.20. The number of anilines is 1. The molecule has 2 aromatic rings. The van der Waals surface area contributed by atoms with Crippen LogP contribution in [0.25, 0.3) is 0 Å². The van der Waals surface area contributed by atoms with Gasteiger partial charge in [-0.1, -0.05) is 18.2 Å². The van der Waals surface area contributed by atoms with Crippen molar-refractivity contribution in [3.63, 3.8) is 0 Å². The molecule has 3 rings (SSSR count). The summed E-state index contributed by atoms with van der Waals surface area (Å²) in [6.45, 7) is 8.37. The van der Waals surface area contributed by atoms with Gasteiger partial charge < -0.3 is 5.32 Å². The average Bonchev–Trinajstić information content (AvgIpc) is 2.65. The second-order valence-corrected chi connectivity index (χ2v) is 7.00. The molecular formula is C21H26N4O2. The van der Waals surface area contributed by atoms with E-state index in [1.54, 1.807) is 24.3 Å². The zero-order valence-electron chi connectivity index (χ0n) is 15.9. The predicted molar refractivity (Wildman–Crippen MR) is 106 cm³/mol. The molecule has 1 aromatic heterocycles. The number of rotatable bonds is 6. The summed E-state index contributed by atoms with van der Waals surface area (Å²) >= 11 is 0. The maximum Gasteiger partial charge on any atom is 0.238 e. The topological polar surface area (TPSA) is 65.5 Å². The lowest BCUT2D eigenvalue weighted by Gasteiger charge is -2.34. The van der Waals surface area contributed by atoms with Crippen molar-refractivity contribution in [2.75, 3.05) is 38.0 Å². The van der Waals surface area contributed by atoms with Gasteiger partial charge in [0.15, 0.2) is 5.78 Å². The number of nitrogens with zero attached hydrogens (tertiary/aromatic N) is 3. The number of Topliss-reactive ketones (excluding diaryl/α,β-unsaturated/α-hetero) is 1. The number of aryl methyl sites for hydroxylation is 1. The Balaban J connectivity index is 1.46. The van der Waals surface area contributed by atoms with Crippen LogP contribution >= 0.6 is 0 Å². The molecule has 0 radical (unpaired) electrons. The number of amides is 1. The molecule has 0 spiro atoms. The molecule has 0 unspecified atom stereocenters. The number of hydrogen-bond acceptors (Lipinski definition) is 5. The molecule has 1 amide bonds. The van der Waals surface area contributed by atoms with E-state index in [2.05, 4.69) is 33.1 Å². The molecular weight excluding hydrogens is 340 g/mol. The third kappa shape index (κ3) is 5.45. The van der Waals surface area contributed by atoms with Gasteiger partial charge in [-0.3, -0.25) is 24.4 Å². The highest BCUT2D eigenvalue weighted by molar-refractivity contribution is 5.97. The number of nitrogens with one attached hydrogen (secondary N) is 1. The van der Waals surface area contributed by atoms with Gasteiger partial charge >= 0.3 is 0 Å². The number of pyridine rings is 1. The van der Waals surface area contributed by atoms with Crippen LogP contribution in [-0.4, -0.2) is 59.2 Å². The quantitative estimate of drug-likeness (QED) is 0.795. The average molecular weight is 366 g/mol. The van der Waals surface area contributed by atoms with Crippen molar-refractivity contribution in [3.8, 4) is 0 Å². The summed E-state index contributed by atoms with van der Waals surface area (Å²) in [5.74, 6) is -0.0601. The summed E-state index contributed by atoms with van der Waals surface area (Å²) < 4.78 is 0. The van der Waals surface area contributed by atoms with E-state index in [-0.39, 0.29) is 11.7 Å². The Labute approximate surface area is 160 Å². The summed E-state index contributed by atoms with van der Waals surface area (Å²) in [6.07, 6.45) is 1.84. The number of carbonyl (C=O) groups excluding carboxylic acids is 2. The van der Waals surface area contributed by atoms with Crippen molar-refractivity contribution >= 4 is 17.4 Å². The standard InChI is InChI=1S/C21H26N4O2/c1-16-5-4-8-22-20(16)14-24-9-11-25(12-10-24)15-21(27)23-19-7-3-6-18(13-19)17(2)26/h3-8,13H,9-12,14-15H2,1-2H3,(H,23,27). The van der Waals surface area contributed by atoms with E-state index < -0.39 is 0 Å². The molecule has 6 nitrogen and oxygen atoms in total. The van der Waals surface area contributed by atoms with Gasteiger partial charge in [-0.2, -0.15) is 0 Å². The monoisotopic (exact) mass is 366 g/mol. The summed E-state index contributed by atoms with van der Waals surface area (Å²) in [4.78, 5) is 32.8. The van der Waals surface area contributed by atoms with Crippen LogP contribution in [0.5, 0.6) is 0 Å². The maximum atomic E-state index is 12.3. The number of hydrogen-bond donors (Lipinski definition) is 1. The van der Waals surface area contributed by atoms with E-state index in [0.717, 1.165) is 38.4 Å². The van der Waals surface area contributed by atoms with Crippen molar-refractivity contribution in [1.29, 1.82) is 0 Å². The summed E-state index contributed by atoms with van der Waals surface area (Å²) in [6, 6.07) is 11.1. The van der Waals surface area contributed by atoms with Gasteiger partial charge in [0.05, 0.1) is 12.2 Å². The largest absolute Gasteiger partial charge is 0.325 e. The highest BCUT2D eigenvalue weighted by Crippen LogP contribution is 2.12. The Morgan fingerprint density at radius 3 is 2.52 bits per heavy atom. The molecule has 0 bridgehead atoms. The highest BCUT2D eigenvalue weighted by atomic mass is 16.2. The van der Waals surface area contributed by atoms with Crippen molar-refractivity contribution in [3.05, 3.63) is 59.4 Å². The summed E-state index contributed by atoms with van der Waals surface area (Å²) in [5, 5.41) is 2.89. The van der Waals surface area contributed by atoms with Gasteiger partial charge in [0.1, 0.15) is 0 Å². The van der Waals surface area contributed by atoms with Crippen LogP contribution in [0.4, 0.5) is 5.69 Å². The van der Waals surface area contributed by atoms with Gasteiger partial charge in [-0.25, -0.2) is 0 Å². The first-order valence-electron chi connectivity index (χ1n) is 9.27. The SMILES string of the molecule is CC(=O)c1cccc(NC(=O)CN2CCN(Cc3ncccc3C)CC2)c1. The molecule has 1 saturated heterocycles. The van der Waals surface area contributed by atoms with Gasteiger partial charge in [0, 0.05) is 50.2 Å². The number of benzene rings is 1. The van der Waals surface area contributed by atoms with Crippen LogP contribution in [0.3, 0.4) is 0 Å². The van der Waals surface area contributed by atoms with Crippen LogP contribution in [0.15, 0.2) is 42.6 Å². The van der Waals surface area contributed by atoms with Gasteiger partial charge in [0.25, 0.3) is 0 Å². The second-order valence-electron chi connectivity index (χ2n) is 7.00. The Hall–Kier alpha value is -2.57. The van der Waals surface area contributed by atoms with Crippen LogP contribution in [0, 0.1) is 6.92 Å². The lowest BCUT2D eigenvalue weighted by Crippen LogP contribution is -2.48. The molecule has 0 atom stereocenters. The van der Waals surface area contributed by atoms with E-state index in [1.165, 1.54) is 12.5 Å². The van der Waals surface area contributed by atoms with E-state index in [4.69, 9.17) is 0 Å². The zero-order valence-corrected chi connectivity index (χ0v) is 15.9. The molecule has 142 valence electrons. The first-order valence-corrected chi connectivity index (χ1v) is 9.27. The van der Waals surface area contributed by atoms with Crippen LogP contribution < -0.4 is 5.32 Å². The minimum Gasteiger partial charge on any atom is -0.325 e. The molecule has 1 N–H and O–H groups in total. The summed E-state index contributed by atoms with van der Waals surface area (Å²) in [7, 11) is 0. The minimum absolute atomic E-state index is 0.00892. The van der Waals surface area contributed by atoms with E-state index in [1.807, 2.05) is 12.3 Å². The van der Waals surface area contributed by atoms with E-state index in [9.17, 15) is 9.59 Å². The van der Waals surface area contributed by atoms with Crippen LogP contribution in [0.1, 0.15) is 28.5 Å². The molecule has 6 heteroatoms. The fraction of sp³-hybridized carbons (Fsp3) is 0.381. The van der Waals surface area contributed by atoms with Gasteiger partial charge in [0.2, 0.25) is 5.91 Å². The normalized spacial score (nSPS) is 15.5. The molecule has 2 heterocycles. The van der Waals surface area contributed by atoms with Crippen LogP contribution in [0.2, 0.25) is 0 Å². The summed E-state index contributed by atoms with van der Waals surface area (Å²) in [5.41, 5.74) is 3.60. The smallest absolute Gasteiger partial charge is 0.238 e. The third-order valence-corrected chi connectivity index (χ3v) is 4.88. The van der Waals surface area contributed by atoms with Gasteiger partial charge in [-0.05, 0) is 37.6 Å². The number of piperazine rings is 1. The maximum absolute atomic E-state index is 12.3. The van der Waals surface area contributed by atoms with Crippen molar-refractivity contribution in [2.24, 2.45) is 0 Å². The van der Waals surface area contributed by atoms with E-state index >= 15 is 0 Å². The third-order valence-electron chi connectivity index (χ3n) is 4.88. The zero-order chi connectivity index (χ0) is 19.2. The number of aromatic nitrogens is 1. The number of carbonyl (C=O) groups is 2. The van der Waals surface area contributed by atoms with Crippen molar-refractivity contribution < 1.29 is 9.59 Å². The molecule has 27 heavy (non-hydrogen) atoms. The Morgan fingerprint density at radius 1 is 1.07 bits per heavy atom. The fourth-order valence-corrected chi connectivity index (χ4v) is 3.22. The van der Waals surface area contributed by atoms with E-state index in [0.29, 0.717) is 17.8 Å². The Morgan fingerprint density at radius 2 is 1.81 bits per heavy atom. The lowest BCUT2D eigenvalue weighted by molar-refractivity contribution is -0.117. The van der Waals surface area contributed by atoms with Crippen LogP contribution in [-0.2, 0) is 11.3 Å². The van der Waals surface area contributed by atoms with Crippen molar-refractivity contribution in [2.45, 2.75) is 20.4 Å². The molecule has 1 aliphatic rings.